The Bertz CT molecular complexity index is 946. The highest BCUT2D eigenvalue weighted by molar-refractivity contribution is 5.96. The minimum absolute atomic E-state index is 0.130. The van der Waals surface area contributed by atoms with Crippen LogP contribution in [0.25, 0.3) is 0 Å². The molecule has 29 heavy (non-hydrogen) atoms. The maximum Gasteiger partial charge on any atom is 0.254 e. The number of amides is 1. The number of methoxy groups -OCH3 is 1. The number of benzene rings is 3. The average molecular weight is 386 g/mol. The van der Waals surface area contributed by atoms with E-state index < -0.39 is 0 Å². The van der Waals surface area contributed by atoms with Crippen LogP contribution < -0.4 is 9.64 Å². The molecular weight excluding hydrogens is 360 g/mol. The Morgan fingerprint density at radius 1 is 0.828 bits per heavy atom. The van der Waals surface area contributed by atoms with Crippen molar-refractivity contribution < 1.29 is 9.53 Å². The largest absolute Gasteiger partial charge is 0.497 e. The van der Waals surface area contributed by atoms with Crippen LogP contribution in [0, 0.1) is 0 Å². The molecule has 1 aliphatic rings. The van der Waals surface area contributed by atoms with Gasteiger partial charge >= 0.3 is 0 Å². The van der Waals surface area contributed by atoms with Gasteiger partial charge in [-0.1, -0.05) is 48.5 Å². The lowest BCUT2D eigenvalue weighted by Gasteiger charge is -2.36. The quantitative estimate of drug-likeness (QED) is 0.657. The monoisotopic (exact) mass is 386 g/mol. The number of rotatable bonds is 5. The SMILES string of the molecule is COc1ccc(N2CCN(C(=O)c3ccccc3Cc3ccccc3)CC2)cc1. The van der Waals surface area contributed by atoms with Gasteiger partial charge in [-0.15, -0.1) is 0 Å². The van der Waals surface area contributed by atoms with E-state index in [1.165, 1.54) is 11.3 Å². The van der Waals surface area contributed by atoms with E-state index in [1.807, 2.05) is 53.4 Å². The number of carbonyl (C=O) groups is 1. The van der Waals surface area contributed by atoms with Crippen molar-refractivity contribution in [3.63, 3.8) is 0 Å². The van der Waals surface area contributed by atoms with Crippen LogP contribution >= 0.6 is 0 Å². The summed E-state index contributed by atoms with van der Waals surface area (Å²) in [5.74, 6) is 0.989. The highest BCUT2D eigenvalue weighted by Gasteiger charge is 2.23. The molecule has 4 nitrogen and oxygen atoms in total. The Balaban J connectivity index is 1.43. The molecule has 1 amide bonds. The third-order valence-electron chi connectivity index (χ3n) is 5.49. The fourth-order valence-corrected chi connectivity index (χ4v) is 3.83. The van der Waals surface area contributed by atoms with Crippen molar-refractivity contribution >= 4 is 11.6 Å². The molecular formula is C25H26N2O2. The van der Waals surface area contributed by atoms with E-state index >= 15 is 0 Å². The first-order valence-electron chi connectivity index (χ1n) is 10.0. The van der Waals surface area contributed by atoms with Gasteiger partial charge in [0, 0.05) is 37.4 Å². The number of piperazine rings is 1. The summed E-state index contributed by atoms with van der Waals surface area (Å²) in [4.78, 5) is 17.5. The van der Waals surface area contributed by atoms with Crippen molar-refractivity contribution in [1.82, 2.24) is 4.90 Å². The fourth-order valence-electron chi connectivity index (χ4n) is 3.83. The molecule has 0 saturated carbocycles. The lowest BCUT2D eigenvalue weighted by atomic mass is 9.99. The first-order valence-corrected chi connectivity index (χ1v) is 10.0. The first-order chi connectivity index (χ1) is 14.2. The molecule has 0 radical (unpaired) electrons. The molecule has 3 aromatic rings. The van der Waals surface area contributed by atoms with Crippen molar-refractivity contribution in [3.8, 4) is 5.75 Å². The van der Waals surface area contributed by atoms with Gasteiger partial charge in [0.25, 0.3) is 5.91 Å². The second-order valence-electron chi connectivity index (χ2n) is 7.30. The second kappa shape index (κ2) is 8.82. The molecule has 1 heterocycles. The molecule has 1 aliphatic heterocycles. The minimum atomic E-state index is 0.130. The van der Waals surface area contributed by atoms with Gasteiger partial charge in [-0.05, 0) is 47.9 Å². The van der Waals surface area contributed by atoms with Crippen molar-refractivity contribution in [2.24, 2.45) is 0 Å². The van der Waals surface area contributed by atoms with Crippen LogP contribution in [-0.2, 0) is 6.42 Å². The lowest BCUT2D eigenvalue weighted by Crippen LogP contribution is -2.49. The van der Waals surface area contributed by atoms with Crippen LogP contribution in [0.5, 0.6) is 5.75 Å². The summed E-state index contributed by atoms with van der Waals surface area (Å²) in [6.45, 7) is 3.12. The molecule has 1 fully saturated rings. The minimum Gasteiger partial charge on any atom is -0.497 e. The molecule has 148 valence electrons. The third-order valence-corrected chi connectivity index (χ3v) is 5.49. The van der Waals surface area contributed by atoms with Crippen LogP contribution in [-0.4, -0.2) is 44.1 Å². The lowest BCUT2D eigenvalue weighted by molar-refractivity contribution is 0.0746. The van der Waals surface area contributed by atoms with E-state index in [1.54, 1.807) is 7.11 Å². The topological polar surface area (TPSA) is 32.8 Å². The standard InChI is InChI=1S/C25H26N2O2/c1-29-23-13-11-22(12-14-23)26-15-17-27(18-16-26)25(28)24-10-6-5-9-21(24)19-20-7-3-2-4-8-20/h2-14H,15-19H2,1H3. The highest BCUT2D eigenvalue weighted by Crippen LogP contribution is 2.22. The zero-order valence-corrected chi connectivity index (χ0v) is 16.8. The first kappa shape index (κ1) is 19.1. The highest BCUT2D eigenvalue weighted by atomic mass is 16.5. The van der Waals surface area contributed by atoms with Gasteiger partial charge in [0.2, 0.25) is 0 Å². The summed E-state index contributed by atoms with van der Waals surface area (Å²) in [6, 6.07) is 26.4. The van der Waals surface area contributed by atoms with Crippen molar-refractivity contribution in [2.75, 3.05) is 38.2 Å². The Morgan fingerprint density at radius 3 is 2.17 bits per heavy atom. The van der Waals surface area contributed by atoms with Gasteiger partial charge in [-0.3, -0.25) is 4.79 Å². The Morgan fingerprint density at radius 2 is 1.48 bits per heavy atom. The van der Waals surface area contributed by atoms with E-state index in [0.717, 1.165) is 49.5 Å². The summed E-state index contributed by atoms with van der Waals surface area (Å²) < 4.78 is 5.24. The van der Waals surface area contributed by atoms with Crippen LogP contribution in [0.1, 0.15) is 21.5 Å². The van der Waals surface area contributed by atoms with E-state index in [9.17, 15) is 4.79 Å². The summed E-state index contributed by atoms with van der Waals surface area (Å²) in [5.41, 5.74) is 4.29. The van der Waals surface area contributed by atoms with Gasteiger partial charge < -0.3 is 14.5 Å². The molecule has 0 unspecified atom stereocenters. The van der Waals surface area contributed by atoms with Gasteiger partial charge in [-0.2, -0.15) is 0 Å². The average Bonchev–Trinajstić information content (AvgIpc) is 2.80. The molecule has 0 aromatic heterocycles. The Kier molecular flexibility index (Phi) is 5.80. The maximum absolute atomic E-state index is 13.2. The molecule has 0 atom stereocenters. The third kappa shape index (κ3) is 4.43. The van der Waals surface area contributed by atoms with Crippen LogP contribution in [0.4, 0.5) is 5.69 Å². The number of ether oxygens (including phenoxy) is 1. The van der Waals surface area contributed by atoms with Crippen LogP contribution in [0.3, 0.4) is 0 Å². The normalized spacial score (nSPS) is 14.0. The summed E-state index contributed by atoms with van der Waals surface area (Å²) in [5, 5.41) is 0. The van der Waals surface area contributed by atoms with Gasteiger partial charge in [-0.25, -0.2) is 0 Å². The molecule has 1 saturated heterocycles. The molecule has 4 rings (SSSR count). The van der Waals surface area contributed by atoms with E-state index in [4.69, 9.17) is 4.74 Å². The number of nitrogens with zero attached hydrogens (tertiary/aromatic N) is 2. The molecule has 3 aromatic carbocycles. The summed E-state index contributed by atoms with van der Waals surface area (Å²) in [7, 11) is 1.68. The van der Waals surface area contributed by atoms with Crippen LogP contribution in [0.15, 0.2) is 78.9 Å². The molecule has 0 aliphatic carbocycles. The smallest absolute Gasteiger partial charge is 0.254 e. The van der Waals surface area contributed by atoms with Crippen molar-refractivity contribution in [2.45, 2.75) is 6.42 Å². The Labute approximate surface area is 172 Å². The number of hydrogen-bond acceptors (Lipinski definition) is 3. The molecule has 0 N–H and O–H groups in total. The van der Waals surface area contributed by atoms with Gasteiger partial charge in [0.05, 0.1) is 7.11 Å². The predicted octanol–water partition coefficient (Wildman–Crippen LogP) is 4.25. The molecule has 0 bridgehead atoms. The van der Waals surface area contributed by atoms with E-state index in [-0.39, 0.29) is 5.91 Å². The number of anilines is 1. The molecule has 0 spiro atoms. The summed E-state index contributed by atoms with van der Waals surface area (Å²) in [6.07, 6.45) is 0.772. The van der Waals surface area contributed by atoms with E-state index in [2.05, 4.69) is 35.2 Å². The zero-order chi connectivity index (χ0) is 20.1. The van der Waals surface area contributed by atoms with Gasteiger partial charge in [0.15, 0.2) is 0 Å². The van der Waals surface area contributed by atoms with Crippen LogP contribution in [0.2, 0.25) is 0 Å². The Hall–Kier alpha value is -3.27. The molecule has 4 heteroatoms. The van der Waals surface area contributed by atoms with Gasteiger partial charge in [0.1, 0.15) is 5.75 Å². The maximum atomic E-state index is 13.2. The zero-order valence-electron chi connectivity index (χ0n) is 16.8. The number of carbonyl (C=O) groups excluding carboxylic acids is 1. The second-order valence-corrected chi connectivity index (χ2v) is 7.30. The number of hydrogen-bond donors (Lipinski definition) is 0. The fraction of sp³-hybridized carbons (Fsp3) is 0.240. The van der Waals surface area contributed by atoms with E-state index in [0.29, 0.717) is 0 Å². The summed E-state index contributed by atoms with van der Waals surface area (Å²) >= 11 is 0. The van der Waals surface area contributed by atoms with Crippen molar-refractivity contribution in [1.29, 1.82) is 0 Å². The van der Waals surface area contributed by atoms with Crippen molar-refractivity contribution in [3.05, 3.63) is 95.6 Å². The predicted molar refractivity (Wildman–Crippen MR) is 117 cm³/mol.